The highest BCUT2D eigenvalue weighted by Gasteiger charge is 2.12. The van der Waals surface area contributed by atoms with Crippen LogP contribution in [0.15, 0.2) is 42.5 Å². The number of ether oxygens (including phenoxy) is 1. The molecule has 2 aromatic carbocycles. The van der Waals surface area contributed by atoms with Crippen molar-refractivity contribution < 1.29 is 18.3 Å². The molecule has 4 nitrogen and oxygen atoms in total. The third kappa shape index (κ3) is 4.97. The lowest BCUT2D eigenvalue weighted by molar-refractivity contribution is -0.114. The van der Waals surface area contributed by atoms with Crippen LogP contribution in [0.1, 0.15) is 0 Å². The second-order valence-corrected chi connectivity index (χ2v) is 5.16. The van der Waals surface area contributed by atoms with Crippen molar-refractivity contribution in [1.29, 1.82) is 0 Å². The van der Waals surface area contributed by atoms with Crippen molar-refractivity contribution in [2.24, 2.45) is 0 Å². The molecule has 0 unspecified atom stereocenters. The highest BCUT2D eigenvalue weighted by molar-refractivity contribution is 6.43. The molecule has 0 aliphatic rings. The SMILES string of the molecule is O=C(CNc1cccc(Cl)c1Cl)Nc1ccccc1OC(F)F. The van der Waals surface area contributed by atoms with Crippen LogP contribution in [-0.4, -0.2) is 19.1 Å². The van der Waals surface area contributed by atoms with Gasteiger partial charge in [-0.15, -0.1) is 0 Å². The highest BCUT2D eigenvalue weighted by Crippen LogP contribution is 2.29. The fourth-order valence-corrected chi connectivity index (χ4v) is 2.15. The number of benzene rings is 2. The van der Waals surface area contributed by atoms with Gasteiger partial charge in [0.15, 0.2) is 0 Å². The van der Waals surface area contributed by atoms with E-state index in [0.29, 0.717) is 15.7 Å². The van der Waals surface area contributed by atoms with E-state index in [1.54, 1.807) is 24.3 Å². The van der Waals surface area contributed by atoms with Crippen LogP contribution < -0.4 is 15.4 Å². The summed E-state index contributed by atoms with van der Waals surface area (Å²) in [6.07, 6.45) is 0. The first-order chi connectivity index (χ1) is 11.0. The van der Waals surface area contributed by atoms with Gasteiger partial charge in [0, 0.05) is 0 Å². The normalized spacial score (nSPS) is 10.5. The zero-order valence-electron chi connectivity index (χ0n) is 11.7. The van der Waals surface area contributed by atoms with E-state index in [1.807, 2.05) is 0 Å². The Morgan fingerprint density at radius 2 is 1.78 bits per heavy atom. The molecule has 0 aromatic heterocycles. The molecule has 23 heavy (non-hydrogen) atoms. The number of anilines is 2. The van der Waals surface area contributed by atoms with Crippen LogP contribution in [0, 0.1) is 0 Å². The van der Waals surface area contributed by atoms with E-state index in [4.69, 9.17) is 23.2 Å². The Morgan fingerprint density at radius 3 is 2.52 bits per heavy atom. The van der Waals surface area contributed by atoms with Crippen LogP contribution in [0.4, 0.5) is 20.2 Å². The molecule has 0 aliphatic carbocycles. The van der Waals surface area contributed by atoms with Gasteiger partial charge in [-0.05, 0) is 24.3 Å². The summed E-state index contributed by atoms with van der Waals surface area (Å²) in [7, 11) is 0. The number of nitrogens with one attached hydrogen (secondary N) is 2. The average Bonchev–Trinajstić information content (AvgIpc) is 2.50. The number of carbonyl (C=O) groups excluding carboxylic acids is 1. The Hall–Kier alpha value is -2.05. The minimum atomic E-state index is -2.98. The zero-order chi connectivity index (χ0) is 16.8. The van der Waals surface area contributed by atoms with Gasteiger partial charge in [-0.2, -0.15) is 8.78 Å². The number of alkyl halides is 2. The van der Waals surface area contributed by atoms with Gasteiger partial charge in [0.05, 0.1) is 28.0 Å². The number of para-hydroxylation sites is 2. The van der Waals surface area contributed by atoms with Gasteiger partial charge in [-0.25, -0.2) is 0 Å². The van der Waals surface area contributed by atoms with Gasteiger partial charge in [0.2, 0.25) is 5.91 Å². The van der Waals surface area contributed by atoms with Crippen molar-refractivity contribution in [2.45, 2.75) is 6.61 Å². The van der Waals surface area contributed by atoms with Crippen LogP contribution >= 0.6 is 23.2 Å². The lowest BCUT2D eigenvalue weighted by Gasteiger charge is -2.13. The molecular weight excluding hydrogens is 349 g/mol. The molecular formula is C15H12Cl2F2N2O2. The van der Waals surface area contributed by atoms with Crippen LogP contribution in [0.3, 0.4) is 0 Å². The molecule has 8 heteroatoms. The van der Waals surface area contributed by atoms with Crippen molar-refractivity contribution in [3.05, 3.63) is 52.5 Å². The summed E-state index contributed by atoms with van der Waals surface area (Å²) < 4.78 is 29.0. The molecule has 1 amide bonds. The minimum absolute atomic E-state index is 0.114. The topological polar surface area (TPSA) is 50.4 Å². The number of halogens is 4. The van der Waals surface area contributed by atoms with Crippen molar-refractivity contribution in [3.63, 3.8) is 0 Å². The number of amides is 1. The molecule has 2 N–H and O–H groups in total. The smallest absolute Gasteiger partial charge is 0.387 e. The Morgan fingerprint density at radius 1 is 1.09 bits per heavy atom. The van der Waals surface area contributed by atoms with E-state index in [0.717, 1.165) is 0 Å². The van der Waals surface area contributed by atoms with E-state index in [-0.39, 0.29) is 18.0 Å². The fourth-order valence-electron chi connectivity index (χ4n) is 1.78. The maximum atomic E-state index is 12.3. The molecule has 2 rings (SSSR count). The van der Waals surface area contributed by atoms with Crippen molar-refractivity contribution in [2.75, 3.05) is 17.2 Å². The van der Waals surface area contributed by atoms with Gasteiger partial charge >= 0.3 is 6.61 Å². The van der Waals surface area contributed by atoms with E-state index in [1.165, 1.54) is 18.2 Å². The van der Waals surface area contributed by atoms with E-state index < -0.39 is 12.5 Å². The Bertz CT molecular complexity index is 699. The van der Waals surface area contributed by atoms with Crippen LogP contribution in [0.5, 0.6) is 5.75 Å². The van der Waals surface area contributed by atoms with Gasteiger partial charge in [0.25, 0.3) is 0 Å². The van der Waals surface area contributed by atoms with Gasteiger partial charge < -0.3 is 15.4 Å². The first kappa shape index (κ1) is 17.3. The maximum absolute atomic E-state index is 12.3. The van der Waals surface area contributed by atoms with Crippen LogP contribution in [0.25, 0.3) is 0 Å². The standard InChI is InChI=1S/C15H12Cl2F2N2O2/c16-9-4-3-6-11(14(9)17)20-8-13(22)21-10-5-1-2-7-12(10)23-15(18)19/h1-7,15,20H,8H2,(H,21,22). The van der Waals surface area contributed by atoms with Crippen molar-refractivity contribution >= 4 is 40.5 Å². The summed E-state index contributed by atoms with van der Waals surface area (Å²) in [4.78, 5) is 11.9. The summed E-state index contributed by atoms with van der Waals surface area (Å²) in [6, 6.07) is 10.9. The predicted octanol–water partition coefficient (Wildman–Crippen LogP) is 4.65. The molecule has 0 saturated carbocycles. The largest absolute Gasteiger partial charge is 0.433 e. The quantitative estimate of drug-likeness (QED) is 0.788. The summed E-state index contributed by atoms with van der Waals surface area (Å²) in [6.45, 7) is -3.10. The fraction of sp³-hybridized carbons (Fsp3) is 0.133. The van der Waals surface area contributed by atoms with E-state index in [9.17, 15) is 13.6 Å². The highest BCUT2D eigenvalue weighted by atomic mass is 35.5. The van der Waals surface area contributed by atoms with Gasteiger partial charge in [-0.1, -0.05) is 41.4 Å². The number of carbonyl (C=O) groups is 1. The van der Waals surface area contributed by atoms with Crippen molar-refractivity contribution in [3.8, 4) is 5.75 Å². The summed E-state index contributed by atoms with van der Waals surface area (Å²) in [5, 5.41) is 5.95. The molecule has 0 aliphatic heterocycles. The van der Waals surface area contributed by atoms with Gasteiger partial charge in [-0.3, -0.25) is 4.79 Å². The molecule has 122 valence electrons. The summed E-state index contributed by atoms with van der Waals surface area (Å²) in [5.74, 6) is -0.567. The van der Waals surface area contributed by atoms with Crippen molar-refractivity contribution in [1.82, 2.24) is 0 Å². The first-order valence-corrected chi connectivity index (χ1v) is 7.24. The average molecular weight is 361 g/mol. The molecule has 0 radical (unpaired) electrons. The summed E-state index contributed by atoms with van der Waals surface area (Å²) in [5.41, 5.74) is 0.642. The van der Waals surface area contributed by atoms with Crippen LogP contribution in [0.2, 0.25) is 10.0 Å². The van der Waals surface area contributed by atoms with E-state index >= 15 is 0 Å². The molecule has 0 saturated heterocycles. The Balaban J connectivity index is 1.99. The van der Waals surface area contributed by atoms with Gasteiger partial charge in [0.1, 0.15) is 5.75 Å². The first-order valence-electron chi connectivity index (χ1n) is 6.49. The Kier molecular flexibility index (Phi) is 6.01. The lowest BCUT2D eigenvalue weighted by atomic mass is 10.3. The second-order valence-electron chi connectivity index (χ2n) is 4.38. The second kappa shape index (κ2) is 7.99. The predicted molar refractivity (Wildman–Crippen MR) is 86.7 cm³/mol. The monoisotopic (exact) mass is 360 g/mol. The molecule has 0 heterocycles. The summed E-state index contributed by atoms with van der Waals surface area (Å²) >= 11 is 11.9. The number of hydrogen-bond acceptors (Lipinski definition) is 3. The number of hydrogen-bond donors (Lipinski definition) is 2. The maximum Gasteiger partial charge on any atom is 0.387 e. The Labute approximate surface area is 141 Å². The third-order valence-corrected chi connectivity index (χ3v) is 3.59. The lowest BCUT2D eigenvalue weighted by Crippen LogP contribution is -2.22. The molecule has 0 fully saturated rings. The zero-order valence-corrected chi connectivity index (χ0v) is 13.2. The minimum Gasteiger partial charge on any atom is -0.433 e. The molecule has 0 atom stereocenters. The number of rotatable bonds is 6. The van der Waals surface area contributed by atoms with E-state index in [2.05, 4.69) is 15.4 Å². The molecule has 0 bridgehead atoms. The third-order valence-electron chi connectivity index (χ3n) is 2.77. The molecule has 2 aromatic rings. The van der Waals surface area contributed by atoms with Crippen LogP contribution in [-0.2, 0) is 4.79 Å². The molecule has 0 spiro atoms.